The molecule has 3 nitrogen and oxygen atoms in total. The average molecular weight is 258 g/mol. The number of hydrogen-bond acceptors (Lipinski definition) is 1. The number of benzene rings is 1. The zero-order chi connectivity index (χ0) is 13.2. The SMILES string of the molecule is CC1CCN(C(=O)NC2CCc3ccccc32)CC1. The van der Waals surface area contributed by atoms with Crippen LogP contribution < -0.4 is 5.32 Å². The van der Waals surface area contributed by atoms with Crippen LogP contribution in [0.25, 0.3) is 0 Å². The van der Waals surface area contributed by atoms with Crippen molar-refractivity contribution >= 4 is 6.03 Å². The smallest absolute Gasteiger partial charge is 0.317 e. The van der Waals surface area contributed by atoms with E-state index in [1.807, 2.05) is 4.90 Å². The highest BCUT2D eigenvalue weighted by molar-refractivity contribution is 5.75. The van der Waals surface area contributed by atoms with E-state index in [4.69, 9.17) is 0 Å². The van der Waals surface area contributed by atoms with Crippen molar-refractivity contribution in [2.75, 3.05) is 13.1 Å². The van der Waals surface area contributed by atoms with Gasteiger partial charge in [0.2, 0.25) is 0 Å². The summed E-state index contributed by atoms with van der Waals surface area (Å²) in [6.07, 6.45) is 4.39. The van der Waals surface area contributed by atoms with Gasteiger partial charge < -0.3 is 10.2 Å². The molecule has 0 radical (unpaired) electrons. The lowest BCUT2D eigenvalue weighted by molar-refractivity contribution is 0.170. The molecule has 1 unspecified atom stereocenters. The zero-order valence-corrected chi connectivity index (χ0v) is 11.6. The number of nitrogens with zero attached hydrogens (tertiary/aromatic N) is 1. The fourth-order valence-corrected chi connectivity index (χ4v) is 3.16. The molecule has 1 fully saturated rings. The van der Waals surface area contributed by atoms with Crippen LogP contribution in [0.2, 0.25) is 0 Å². The molecule has 1 aliphatic heterocycles. The van der Waals surface area contributed by atoms with Gasteiger partial charge in [-0.05, 0) is 42.7 Å². The summed E-state index contributed by atoms with van der Waals surface area (Å²) >= 11 is 0. The predicted octanol–water partition coefficient (Wildman–Crippen LogP) is 3.12. The number of hydrogen-bond donors (Lipinski definition) is 1. The number of piperidine rings is 1. The second-order valence-electron chi connectivity index (χ2n) is 5.91. The maximum Gasteiger partial charge on any atom is 0.317 e. The highest BCUT2D eigenvalue weighted by atomic mass is 16.2. The van der Waals surface area contributed by atoms with E-state index < -0.39 is 0 Å². The van der Waals surface area contributed by atoms with Crippen LogP contribution in [0.15, 0.2) is 24.3 Å². The van der Waals surface area contributed by atoms with Gasteiger partial charge >= 0.3 is 6.03 Å². The molecule has 2 aliphatic rings. The quantitative estimate of drug-likeness (QED) is 0.824. The van der Waals surface area contributed by atoms with Crippen LogP contribution in [-0.4, -0.2) is 24.0 Å². The standard InChI is InChI=1S/C16H22N2O/c1-12-8-10-18(11-9-12)16(19)17-15-7-6-13-4-2-3-5-14(13)15/h2-5,12,15H,6-11H2,1H3,(H,17,19). The largest absolute Gasteiger partial charge is 0.331 e. The first-order valence-electron chi connectivity index (χ1n) is 7.37. The summed E-state index contributed by atoms with van der Waals surface area (Å²) in [7, 11) is 0. The molecule has 1 atom stereocenters. The van der Waals surface area contributed by atoms with Gasteiger partial charge in [-0.15, -0.1) is 0 Å². The minimum Gasteiger partial charge on any atom is -0.331 e. The Hall–Kier alpha value is -1.51. The van der Waals surface area contributed by atoms with E-state index in [9.17, 15) is 4.79 Å². The molecule has 3 heteroatoms. The third-order valence-corrected chi connectivity index (χ3v) is 4.50. The fraction of sp³-hybridized carbons (Fsp3) is 0.562. The predicted molar refractivity (Wildman–Crippen MR) is 76.0 cm³/mol. The molecule has 102 valence electrons. The van der Waals surface area contributed by atoms with Crippen LogP contribution >= 0.6 is 0 Å². The van der Waals surface area contributed by atoms with Gasteiger partial charge in [-0.25, -0.2) is 4.79 Å². The van der Waals surface area contributed by atoms with E-state index in [-0.39, 0.29) is 12.1 Å². The number of rotatable bonds is 1. The molecule has 0 saturated carbocycles. The van der Waals surface area contributed by atoms with Gasteiger partial charge in [0.25, 0.3) is 0 Å². The Balaban J connectivity index is 1.62. The zero-order valence-electron chi connectivity index (χ0n) is 11.6. The molecular weight excluding hydrogens is 236 g/mol. The van der Waals surface area contributed by atoms with Crippen LogP contribution in [-0.2, 0) is 6.42 Å². The molecule has 1 aromatic carbocycles. The Morgan fingerprint density at radius 2 is 1.95 bits per heavy atom. The van der Waals surface area contributed by atoms with Crippen molar-refractivity contribution < 1.29 is 4.79 Å². The normalized spacial score (nSPS) is 23.2. The molecule has 3 rings (SSSR count). The van der Waals surface area contributed by atoms with Crippen LogP contribution in [0, 0.1) is 5.92 Å². The minimum absolute atomic E-state index is 0.119. The van der Waals surface area contributed by atoms with E-state index >= 15 is 0 Å². The first kappa shape index (κ1) is 12.5. The van der Waals surface area contributed by atoms with Gasteiger partial charge in [0.05, 0.1) is 6.04 Å². The highest BCUT2D eigenvalue weighted by Crippen LogP contribution is 2.31. The highest BCUT2D eigenvalue weighted by Gasteiger charge is 2.26. The molecule has 2 amide bonds. The Morgan fingerprint density at radius 3 is 2.74 bits per heavy atom. The second kappa shape index (κ2) is 5.24. The molecule has 1 N–H and O–H groups in total. The van der Waals surface area contributed by atoms with Crippen molar-refractivity contribution in [3.05, 3.63) is 35.4 Å². The number of carbonyl (C=O) groups excluding carboxylic acids is 1. The molecule has 1 aromatic rings. The number of likely N-dealkylation sites (tertiary alicyclic amines) is 1. The summed E-state index contributed by atoms with van der Waals surface area (Å²) in [5.41, 5.74) is 2.70. The average Bonchev–Trinajstić information content (AvgIpc) is 2.83. The van der Waals surface area contributed by atoms with Crippen molar-refractivity contribution in [1.82, 2.24) is 10.2 Å². The monoisotopic (exact) mass is 258 g/mol. The number of aryl methyl sites for hydroxylation is 1. The number of urea groups is 1. The molecule has 1 saturated heterocycles. The topological polar surface area (TPSA) is 32.3 Å². The first-order valence-corrected chi connectivity index (χ1v) is 7.37. The maximum atomic E-state index is 12.3. The van der Waals surface area contributed by atoms with E-state index in [0.29, 0.717) is 0 Å². The van der Waals surface area contributed by atoms with E-state index in [1.54, 1.807) is 0 Å². The van der Waals surface area contributed by atoms with Crippen molar-refractivity contribution in [3.63, 3.8) is 0 Å². The molecule has 1 heterocycles. The Labute approximate surface area is 115 Å². The molecular formula is C16H22N2O. The van der Waals surface area contributed by atoms with Gasteiger partial charge in [-0.2, -0.15) is 0 Å². The summed E-state index contributed by atoms with van der Waals surface area (Å²) in [6.45, 7) is 4.07. The molecule has 1 aliphatic carbocycles. The lowest BCUT2D eigenvalue weighted by Crippen LogP contribution is -2.45. The summed E-state index contributed by atoms with van der Waals surface area (Å²) in [5, 5.41) is 3.21. The summed E-state index contributed by atoms with van der Waals surface area (Å²) < 4.78 is 0. The lowest BCUT2D eigenvalue weighted by Gasteiger charge is -2.31. The van der Waals surface area contributed by atoms with Gasteiger partial charge in [-0.1, -0.05) is 31.2 Å². The third-order valence-electron chi connectivity index (χ3n) is 4.50. The van der Waals surface area contributed by atoms with Crippen molar-refractivity contribution in [2.45, 2.75) is 38.6 Å². The van der Waals surface area contributed by atoms with Gasteiger partial charge in [0, 0.05) is 13.1 Å². The van der Waals surface area contributed by atoms with E-state index in [1.165, 1.54) is 11.1 Å². The maximum absolute atomic E-state index is 12.3. The van der Waals surface area contributed by atoms with Crippen LogP contribution in [0.1, 0.15) is 43.4 Å². The number of amides is 2. The van der Waals surface area contributed by atoms with Crippen molar-refractivity contribution in [1.29, 1.82) is 0 Å². The van der Waals surface area contributed by atoms with Gasteiger partial charge in [-0.3, -0.25) is 0 Å². The van der Waals surface area contributed by atoms with Crippen LogP contribution in [0.4, 0.5) is 4.79 Å². The number of nitrogens with one attached hydrogen (secondary N) is 1. The minimum atomic E-state index is 0.119. The fourth-order valence-electron chi connectivity index (χ4n) is 3.16. The van der Waals surface area contributed by atoms with Gasteiger partial charge in [0.1, 0.15) is 0 Å². The number of fused-ring (bicyclic) bond motifs is 1. The summed E-state index contributed by atoms with van der Waals surface area (Å²) in [5.74, 6) is 0.760. The first-order chi connectivity index (χ1) is 9.24. The third kappa shape index (κ3) is 2.60. The Bertz CT molecular complexity index is 464. The van der Waals surface area contributed by atoms with Gasteiger partial charge in [0.15, 0.2) is 0 Å². The van der Waals surface area contributed by atoms with Crippen LogP contribution in [0.5, 0.6) is 0 Å². The lowest BCUT2D eigenvalue weighted by atomic mass is 9.99. The Kier molecular flexibility index (Phi) is 3.45. The Morgan fingerprint density at radius 1 is 1.21 bits per heavy atom. The van der Waals surface area contributed by atoms with E-state index in [2.05, 4.69) is 36.5 Å². The number of carbonyl (C=O) groups is 1. The second-order valence-corrected chi connectivity index (χ2v) is 5.91. The van der Waals surface area contributed by atoms with Crippen molar-refractivity contribution in [3.8, 4) is 0 Å². The van der Waals surface area contributed by atoms with E-state index in [0.717, 1.165) is 44.7 Å². The summed E-state index contributed by atoms with van der Waals surface area (Å²) in [4.78, 5) is 14.3. The van der Waals surface area contributed by atoms with Crippen LogP contribution in [0.3, 0.4) is 0 Å². The molecule has 0 bridgehead atoms. The van der Waals surface area contributed by atoms with Crippen molar-refractivity contribution in [2.24, 2.45) is 5.92 Å². The molecule has 19 heavy (non-hydrogen) atoms. The summed E-state index contributed by atoms with van der Waals surface area (Å²) in [6, 6.07) is 8.79. The molecule has 0 spiro atoms. The molecule has 0 aromatic heterocycles.